The molecule has 2 heterocycles. The first-order valence-electron chi connectivity index (χ1n) is 8.46. The van der Waals surface area contributed by atoms with Crippen molar-refractivity contribution in [2.45, 2.75) is 45.1 Å². The highest BCUT2D eigenvalue weighted by atomic mass is 35.5. The Morgan fingerprint density at radius 3 is 2.71 bits per heavy atom. The predicted octanol–water partition coefficient (Wildman–Crippen LogP) is 2.19. The summed E-state index contributed by atoms with van der Waals surface area (Å²) in [5.41, 5.74) is 5.90. The number of piperidine rings is 1. The van der Waals surface area contributed by atoms with Gasteiger partial charge in [0.25, 0.3) is 0 Å². The molecule has 24 heavy (non-hydrogen) atoms. The molecule has 0 saturated carbocycles. The molecule has 1 unspecified atom stereocenters. The molecule has 1 aromatic heterocycles. The Balaban J connectivity index is 0.00000288. The van der Waals surface area contributed by atoms with E-state index < -0.39 is 6.04 Å². The summed E-state index contributed by atoms with van der Waals surface area (Å²) in [7, 11) is 0. The zero-order valence-electron chi connectivity index (χ0n) is 14.2. The maximum atomic E-state index is 12.2. The van der Waals surface area contributed by atoms with E-state index in [2.05, 4.69) is 11.4 Å². The van der Waals surface area contributed by atoms with Crippen molar-refractivity contribution in [3.05, 3.63) is 22.4 Å². The number of thiophene rings is 1. The number of nitrogens with one attached hydrogen (secondary N) is 1. The fraction of sp³-hybridized carbons (Fsp3) is 0.647. The fourth-order valence-electron chi connectivity index (χ4n) is 2.94. The van der Waals surface area contributed by atoms with Crippen molar-refractivity contribution in [3.63, 3.8) is 0 Å². The molecule has 2 rings (SSSR count). The molecule has 1 aromatic rings. The Hall–Kier alpha value is -1.11. The summed E-state index contributed by atoms with van der Waals surface area (Å²) in [5.74, 6) is 0.166. The predicted molar refractivity (Wildman–Crippen MR) is 100 cm³/mol. The summed E-state index contributed by atoms with van der Waals surface area (Å²) in [5, 5.41) is 5.07. The van der Waals surface area contributed by atoms with Crippen LogP contribution in [-0.4, -0.2) is 42.4 Å². The van der Waals surface area contributed by atoms with Crippen molar-refractivity contribution in [3.8, 4) is 0 Å². The quantitative estimate of drug-likeness (QED) is 0.769. The van der Waals surface area contributed by atoms with Crippen LogP contribution in [0.25, 0.3) is 0 Å². The van der Waals surface area contributed by atoms with Crippen LogP contribution >= 0.6 is 23.7 Å². The van der Waals surface area contributed by atoms with Gasteiger partial charge in [-0.3, -0.25) is 9.59 Å². The highest BCUT2D eigenvalue weighted by molar-refractivity contribution is 7.09. The molecule has 136 valence electrons. The van der Waals surface area contributed by atoms with Crippen molar-refractivity contribution in [1.82, 2.24) is 10.2 Å². The fourth-order valence-corrected chi connectivity index (χ4v) is 3.65. The standard InChI is InChI=1S/C17H27N3O2S.ClH/c1-2-4-15(18)17(22)20-10-7-13(8-11-20)16(21)19-9-6-14-5-3-12-23-14;/h3,5,12-13,15H,2,4,6-11,18H2,1H3,(H,19,21);1H. The van der Waals surface area contributed by atoms with Crippen molar-refractivity contribution in [1.29, 1.82) is 0 Å². The Labute approximate surface area is 154 Å². The molecule has 0 aliphatic carbocycles. The second-order valence-electron chi connectivity index (χ2n) is 6.12. The normalized spacial score (nSPS) is 16.3. The lowest BCUT2D eigenvalue weighted by molar-refractivity contribution is -0.136. The lowest BCUT2D eigenvalue weighted by atomic mass is 9.95. The van der Waals surface area contributed by atoms with E-state index in [4.69, 9.17) is 5.73 Å². The molecule has 0 aromatic carbocycles. The first-order chi connectivity index (χ1) is 11.1. The van der Waals surface area contributed by atoms with Crippen molar-refractivity contribution < 1.29 is 9.59 Å². The molecule has 2 amide bonds. The van der Waals surface area contributed by atoms with Crippen LogP contribution in [0.4, 0.5) is 0 Å². The number of carbonyl (C=O) groups excluding carboxylic acids is 2. The molecule has 1 fully saturated rings. The Morgan fingerprint density at radius 1 is 1.42 bits per heavy atom. The second-order valence-corrected chi connectivity index (χ2v) is 7.15. The van der Waals surface area contributed by atoms with Gasteiger partial charge in [0.2, 0.25) is 11.8 Å². The van der Waals surface area contributed by atoms with Gasteiger partial charge in [-0.1, -0.05) is 19.4 Å². The summed E-state index contributed by atoms with van der Waals surface area (Å²) in [4.78, 5) is 27.5. The first kappa shape index (κ1) is 20.9. The number of halogens is 1. The van der Waals surface area contributed by atoms with Gasteiger partial charge < -0.3 is 16.0 Å². The Bertz CT molecular complexity index is 502. The highest BCUT2D eigenvalue weighted by Gasteiger charge is 2.29. The zero-order chi connectivity index (χ0) is 16.7. The van der Waals surface area contributed by atoms with E-state index >= 15 is 0 Å². The molecule has 5 nitrogen and oxygen atoms in total. The van der Waals surface area contributed by atoms with Crippen LogP contribution in [0.1, 0.15) is 37.5 Å². The topological polar surface area (TPSA) is 75.4 Å². The minimum Gasteiger partial charge on any atom is -0.355 e. The number of hydrogen-bond donors (Lipinski definition) is 2. The minimum absolute atomic E-state index is 0. The smallest absolute Gasteiger partial charge is 0.239 e. The van der Waals surface area contributed by atoms with E-state index in [1.807, 2.05) is 23.3 Å². The van der Waals surface area contributed by atoms with Gasteiger partial charge in [-0.05, 0) is 37.1 Å². The Kier molecular flexibility index (Phi) is 9.33. The number of hydrogen-bond acceptors (Lipinski definition) is 4. The van der Waals surface area contributed by atoms with E-state index in [-0.39, 0.29) is 30.1 Å². The third-order valence-corrected chi connectivity index (χ3v) is 5.28. The summed E-state index contributed by atoms with van der Waals surface area (Å²) in [6.07, 6.45) is 3.98. The largest absolute Gasteiger partial charge is 0.355 e. The van der Waals surface area contributed by atoms with E-state index in [0.717, 1.165) is 32.1 Å². The average Bonchev–Trinajstić information content (AvgIpc) is 3.08. The number of nitrogens with two attached hydrogens (primary N) is 1. The molecule has 0 bridgehead atoms. The molecule has 0 spiro atoms. The third-order valence-electron chi connectivity index (χ3n) is 4.35. The average molecular weight is 374 g/mol. The van der Waals surface area contributed by atoms with Crippen LogP contribution in [-0.2, 0) is 16.0 Å². The summed E-state index contributed by atoms with van der Waals surface area (Å²) in [6.45, 7) is 3.98. The van der Waals surface area contributed by atoms with Gasteiger partial charge in [-0.25, -0.2) is 0 Å². The summed E-state index contributed by atoms with van der Waals surface area (Å²) >= 11 is 1.71. The molecule has 1 saturated heterocycles. The molecule has 1 aliphatic heterocycles. The van der Waals surface area contributed by atoms with Crippen LogP contribution < -0.4 is 11.1 Å². The van der Waals surface area contributed by atoms with E-state index in [1.165, 1.54) is 4.88 Å². The zero-order valence-corrected chi connectivity index (χ0v) is 15.8. The molecular weight excluding hydrogens is 346 g/mol. The summed E-state index contributed by atoms with van der Waals surface area (Å²) < 4.78 is 0. The highest BCUT2D eigenvalue weighted by Crippen LogP contribution is 2.18. The SMILES string of the molecule is CCCC(N)C(=O)N1CCC(C(=O)NCCc2cccs2)CC1.Cl. The number of likely N-dealkylation sites (tertiary alicyclic amines) is 1. The lowest BCUT2D eigenvalue weighted by Crippen LogP contribution is -2.48. The van der Waals surface area contributed by atoms with Gasteiger partial charge in [0, 0.05) is 30.4 Å². The maximum absolute atomic E-state index is 12.2. The Morgan fingerprint density at radius 2 is 2.12 bits per heavy atom. The number of amides is 2. The van der Waals surface area contributed by atoms with Crippen LogP contribution in [0.2, 0.25) is 0 Å². The van der Waals surface area contributed by atoms with Gasteiger partial charge in [0.1, 0.15) is 0 Å². The van der Waals surface area contributed by atoms with Crippen LogP contribution in [0.3, 0.4) is 0 Å². The van der Waals surface area contributed by atoms with Gasteiger partial charge in [-0.2, -0.15) is 0 Å². The number of carbonyl (C=O) groups is 2. The maximum Gasteiger partial charge on any atom is 0.239 e. The van der Waals surface area contributed by atoms with Crippen molar-refractivity contribution >= 4 is 35.6 Å². The molecule has 1 atom stereocenters. The number of rotatable bonds is 7. The van der Waals surface area contributed by atoms with Gasteiger partial charge >= 0.3 is 0 Å². The van der Waals surface area contributed by atoms with Gasteiger partial charge in [-0.15, -0.1) is 23.7 Å². The molecule has 3 N–H and O–H groups in total. The lowest BCUT2D eigenvalue weighted by Gasteiger charge is -2.33. The molecule has 0 radical (unpaired) electrons. The van der Waals surface area contributed by atoms with Crippen LogP contribution in [0, 0.1) is 5.92 Å². The minimum atomic E-state index is -0.392. The third kappa shape index (κ3) is 6.07. The van der Waals surface area contributed by atoms with E-state index in [0.29, 0.717) is 19.6 Å². The first-order valence-corrected chi connectivity index (χ1v) is 9.34. The summed E-state index contributed by atoms with van der Waals surface area (Å²) in [6, 6.07) is 3.72. The van der Waals surface area contributed by atoms with Crippen LogP contribution in [0.5, 0.6) is 0 Å². The molecular formula is C17H28ClN3O2S. The van der Waals surface area contributed by atoms with Crippen molar-refractivity contribution in [2.75, 3.05) is 19.6 Å². The van der Waals surface area contributed by atoms with E-state index in [1.54, 1.807) is 11.3 Å². The monoisotopic (exact) mass is 373 g/mol. The molecule has 7 heteroatoms. The van der Waals surface area contributed by atoms with Gasteiger partial charge in [0.05, 0.1) is 6.04 Å². The second kappa shape index (κ2) is 10.7. The van der Waals surface area contributed by atoms with E-state index in [9.17, 15) is 9.59 Å². The van der Waals surface area contributed by atoms with Crippen LogP contribution in [0.15, 0.2) is 17.5 Å². The molecule has 1 aliphatic rings. The van der Waals surface area contributed by atoms with Gasteiger partial charge in [0.15, 0.2) is 0 Å². The number of nitrogens with zero attached hydrogens (tertiary/aromatic N) is 1. The van der Waals surface area contributed by atoms with Crippen molar-refractivity contribution in [2.24, 2.45) is 11.7 Å².